The quantitative estimate of drug-likeness (QED) is 0.216. The van der Waals surface area contributed by atoms with Crippen molar-refractivity contribution in [3.63, 3.8) is 0 Å². The summed E-state index contributed by atoms with van der Waals surface area (Å²) in [6.45, 7) is 0.658. The maximum absolute atomic E-state index is 13.7. The van der Waals surface area contributed by atoms with Crippen molar-refractivity contribution in [1.29, 1.82) is 0 Å². The minimum Gasteiger partial charge on any atom is -0.314 e. The molecule has 1 amide bonds. The lowest BCUT2D eigenvalue weighted by Crippen LogP contribution is -2.20. The zero-order chi connectivity index (χ0) is 21.6. The van der Waals surface area contributed by atoms with Gasteiger partial charge in [0.1, 0.15) is 5.82 Å². The van der Waals surface area contributed by atoms with Gasteiger partial charge in [-0.15, -0.1) is 0 Å². The van der Waals surface area contributed by atoms with Crippen molar-refractivity contribution in [2.24, 2.45) is 5.10 Å². The van der Waals surface area contributed by atoms with Crippen LogP contribution in [0, 0.1) is 5.82 Å². The van der Waals surface area contributed by atoms with Gasteiger partial charge in [0.25, 0.3) is 5.91 Å². The van der Waals surface area contributed by atoms with Gasteiger partial charge < -0.3 is 4.57 Å². The topological polar surface area (TPSA) is 59.3 Å². The van der Waals surface area contributed by atoms with Crippen LogP contribution in [-0.4, -0.2) is 27.4 Å². The fourth-order valence-electron chi connectivity index (χ4n) is 3.03. The highest BCUT2D eigenvalue weighted by atomic mass is 79.9. The summed E-state index contributed by atoms with van der Waals surface area (Å²) in [4.78, 5) is 16.9. The van der Waals surface area contributed by atoms with Crippen LogP contribution in [0.5, 0.6) is 0 Å². The Hall–Kier alpha value is -2.97. The van der Waals surface area contributed by atoms with E-state index in [2.05, 4.69) is 48.1 Å². The molecule has 1 heterocycles. The molecule has 1 aromatic heterocycles. The molecule has 31 heavy (non-hydrogen) atoms. The van der Waals surface area contributed by atoms with Crippen molar-refractivity contribution in [2.45, 2.75) is 11.7 Å². The van der Waals surface area contributed by atoms with E-state index in [1.54, 1.807) is 12.1 Å². The van der Waals surface area contributed by atoms with E-state index in [4.69, 9.17) is 0 Å². The number of hydrogen-bond donors (Lipinski definition) is 1. The second kappa shape index (κ2) is 9.89. The van der Waals surface area contributed by atoms with Crippen LogP contribution in [0.1, 0.15) is 11.1 Å². The first-order chi connectivity index (χ1) is 15.1. The van der Waals surface area contributed by atoms with Crippen molar-refractivity contribution in [2.75, 3.05) is 5.75 Å². The third-order valence-electron chi connectivity index (χ3n) is 4.49. The van der Waals surface area contributed by atoms with Crippen molar-refractivity contribution in [3.05, 3.63) is 94.2 Å². The van der Waals surface area contributed by atoms with Crippen molar-refractivity contribution < 1.29 is 9.18 Å². The van der Waals surface area contributed by atoms with Crippen LogP contribution >= 0.6 is 27.7 Å². The van der Waals surface area contributed by atoms with Crippen molar-refractivity contribution >= 4 is 50.8 Å². The molecule has 0 bridgehead atoms. The number of hydrazone groups is 1. The lowest BCUT2D eigenvalue weighted by molar-refractivity contribution is -0.118. The number of thioether (sulfide) groups is 1. The number of nitrogens with one attached hydrogen (secondary N) is 1. The lowest BCUT2D eigenvalue weighted by Gasteiger charge is -2.09. The Bertz CT molecular complexity index is 1240. The second-order valence-electron chi connectivity index (χ2n) is 6.70. The number of nitrogens with zero attached hydrogens (tertiary/aromatic N) is 3. The Labute approximate surface area is 191 Å². The largest absolute Gasteiger partial charge is 0.314 e. The van der Waals surface area contributed by atoms with Crippen molar-refractivity contribution in [3.8, 4) is 0 Å². The number of carbonyl (C=O) groups is 1. The zero-order valence-corrected chi connectivity index (χ0v) is 18.7. The summed E-state index contributed by atoms with van der Waals surface area (Å²) in [5, 5.41) is 4.61. The molecule has 0 aliphatic rings. The van der Waals surface area contributed by atoms with E-state index in [0.29, 0.717) is 6.54 Å². The highest BCUT2D eigenvalue weighted by molar-refractivity contribution is 9.10. The van der Waals surface area contributed by atoms with E-state index in [1.165, 1.54) is 24.0 Å². The predicted octanol–water partition coefficient (Wildman–Crippen LogP) is 5.23. The fourth-order valence-corrected chi connectivity index (χ4v) is 4.22. The molecule has 0 fully saturated rings. The molecule has 5 nitrogen and oxygen atoms in total. The first kappa shape index (κ1) is 21.3. The van der Waals surface area contributed by atoms with E-state index in [1.807, 2.05) is 42.5 Å². The summed E-state index contributed by atoms with van der Waals surface area (Å²) in [5.41, 5.74) is 5.77. The summed E-state index contributed by atoms with van der Waals surface area (Å²) in [7, 11) is 0. The first-order valence-corrected chi connectivity index (χ1v) is 11.3. The van der Waals surface area contributed by atoms with Gasteiger partial charge in [0.2, 0.25) is 0 Å². The average Bonchev–Trinajstić information content (AvgIpc) is 3.13. The van der Waals surface area contributed by atoms with Gasteiger partial charge in [0.05, 0.1) is 29.5 Å². The number of rotatable bonds is 7. The number of benzene rings is 3. The van der Waals surface area contributed by atoms with Gasteiger partial charge in [0.15, 0.2) is 5.16 Å². The minimum absolute atomic E-state index is 0.135. The number of halogens is 2. The van der Waals surface area contributed by atoms with Gasteiger partial charge >= 0.3 is 0 Å². The normalized spacial score (nSPS) is 11.3. The SMILES string of the molecule is O=C(CSc1nc2ccccc2n1Cc1ccccc1)N/N=C/c1cc(Br)ccc1F. The molecule has 0 radical (unpaired) electrons. The molecule has 3 aromatic carbocycles. The van der Waals surface area contributed by atoms with Crippen LogP contribution in [0.3, 0.4) is 0 Å². The number of fused-ring (bicyclic) bond motifs is 1. The Morgan fingerprint density at radius 3 is 2.74 bits per heavy atom. The Morgan fingerprint density at radius 2 is 1.90 bits per heavy atom. The fraction of sp³-hybridized carbons (Fsp3) is 0.0870. The highest BCUT2D eigenvalue weighted by Crippen LogP contribution is 2.25. The maximum atomic E-state index is 13.7. The molecule has 8 heteroatoms. The number of amides is 1. The van der Waals surface area contributed by atoms with Crippen LogP contribution < -0.4 is 5.43 Å². The summed E-state index contributed by atoms with van der Waals surface area (Å²) in [5.74, 6) is -0.573. The van der Waals surface area contributed by atoms with Gasteiger partial charge in [-0.25, -0.2) is 14.8 Å². The summed E-state index contributed by atoms with van der Waals surface area (Å²) in [6.07, 6.45) is 1.29. The van der Waals surface area contributed by atoms with Gasteiger partial charge in [0, 0.05) is 10.0 Å². The average molecular weight is 497 g/mol. The van der Waals surface area contributed by atoms with Crippen LogP contribution in [0.2, 0.25) is 0 Å². The number of aromatic nitrogens is 2. The van der Waals surface area contributed by atoms with E-state index >= 15 is 0 Å². The third kappa shape index (κ3) is 5.39. The molecule has 0 spiro atoms. The maximum Gasteiger partial charge on any atom is 0.250 e. The van der Waals surface area contributed by atoms with Crippen molar-refractivity contribution in [1.82, 2.24) is 15.0 Å². The lowest BCUT2D eigenvalue weighted by atomic mass is 10.2. The second-order valence-corrected chi connectivity index (χ2v) is 8.56. The van der Waals surface area contributed by atoms with Gasteiger partial charge in [-0.3, -0.25) is 4.79 Å². The van der Waals surface area contributed by atoms with Crippen LogP contribution in [0.15, 0.2) is 87.5 Å². The number of imidazole rings is 1. The van der Waals surface area contributed by atoms with Gasteiger partial charge in [-0.1, -0.05) is 70.2 Å². The van der Waals surface area contributed by atoms with E-state index in [9.17, 15) is 9.18 Å². The molecule has 156 valence electrons. The molecule has 4 aromatic rings. The summed E-state index contributed by atoms with van der Waals surface area (Å²) >= 11 is 4.62. The van der Waals surface area contributed by atoms with E-state index in [-0.39, 0.29) is 17.2 Å². The molecular formula is C23H18BrFN4OS. The first-order valence-electron chi connectivity index (χ1n) is 9.49. The molecule has 1 N–H and O–H groups in total. The molecule has 0 saturated carbocycles. The molecule has 4 rings (SSSR count). The summed E-state index contributed by atoms with van der Waals surface area (Å²) < 4.78 is 16.6. The number of carbonyl (C=O) groups excluding carboxylic acids is 1. The Kier molecular flexibility index (Phi) is 6.79. The molecule has 0 unspecified atom stereocenters. The number of para-hydroxylation sites is 2. The predicted molar refractivity (Wildman–Crippen MR) is 126 cm³/mol. The summed E-state index contributed by atoms with van der Waals surface area (Å²) in [6, 6.07) is 22.5. The van der Waals surface area contributed by atoms with Gasteiger partial charge in [-0.2, -0.15) is 5.10 Å². The molecule has 0 aliphatic heterocycles. The van der Waals surface area contributed by atoms with Gasteiger partial charge in [-0.05, 0) is 35.9 Å². The molecular weight excluding hydrogens is 479 g/mol. The smallest absolute Gasteiger partial charge is 0.250 e. The Balaban J connectivity index is 1.44. The number of hydrogen-bond acceptors (Lipinski definition) is 4. The third-order valence-corrected chi connectivity index (χ3v) is 5.96. The minimum atomic E-state index is -0.412. The highest BCUT2D eigenvalue weighted by Gasteiger charge is 2.13. The van der Waals surface area contributed by atoms with E-state index < -0.39 is 5.82 Å². The molecule has 0 aliphatic carbocycles. The van der Waals surface area contributed by atoms with Crippen LogP contribution in [0.4, 0.5) is 4.39 Å². The van der Waals surface area contributed by atoms with E-state index in [0.717, 1.165) is 26.2 Å². The zero-order valence-electron chi connectivity index (χ0n) is 16.3. The van der Waals surface area contributed by atoms with Crippen LogP contribution in [-0.2, 0) is 11.3 Å². The standard InChI is InChI=1S/C23H18BrFN4OS/c24-18-10-11-19(25)17(12-18)13-26-28-22(30)15-31-23-27-20-8-4-5-9-21(20)29(23)14-16-6-2-1-3-7-16/h1-13H,14-15H2,(H,28,30)/b26-13+. The Morgan fingerprint density at radius 1 is 1.13 bits per heavy atom. The molecule has 0 atom stereocenters. The molecule has 0 saturated heterocycles. The monoisotopic (exact) mass is 496 g/mol. The van der Waals surface area contributed by atoms with Crippen LogP contribution in [0.25, 0.3) is 11.0 Å².